The van der Waals surface area contributed by atoms with Gasteiger partial charge >= 0.3 is 0 Å². The molecule has 0 unspecified atom stereocenters. The van der Waals surface area contributed by atoms with Crippen LogP contribution in [0, 0.1) is 5.41 Å². The lowest BCUT2D eigenvalue weighted by Gasteiger charge is -2.11. The molecular formula is C10H15N3O3S. The van der Waals surface area contributed by atoms with Crippen molar-refractivity contribution in [1.82, 2.24) is 4.31 Å². The number of ether oxygens (including phenoxy) is 1. The second-order valence-electron chi connectivity index (χ2n) is 3.57. The largest absolute Gasteiger partial charge is 0.486 e. The highest BCUT2D eigenvalue weighted by atomic mass is 32.2. The van der Waals surface area contributed by atoms with E-state index in [0.717, 1.165) is 4.31 Å². The van der Waals surface area contributed by atoms with Crippen molar-refractivity contribution >= 4 is 15.9 Å². The molecule has 0 aliphatic carbocycles. The highest BCUT2D eigenvalue weighted by Crippen LogP contribution is 2.17. The fourth-order valence-electron chi connectivity index (χ4n) is 1.08. The van der Waals surface area contributed by atoms with Crippen LogP contribution >= 0.6 is 0 Å². The number of hydrogen-bond donors (Lipinski definition) is 2. The zero-order valence-corrected chi connectivity index (χ0v) is 10.5. The van der Waals surface area contributed by atoms with Crippen LogP contribution in [-0.2, 0) is 10.0 Å². The maximum absolute atomic E-state index is 11.7. The third kappa shape index (κ3) is 3.43. The summed E-state index contributed by atoms with van der Waals surface area (Å²) in [7, 11) is -0.479. The van der Waals surface area contributed by atoms with Crippen molar-refractivity contribution in [3.63, 3.8) is 0 Å². The zero-order chi connectivity index (χ0) is 13.1. The maximum Gasteiger partial charge on any atom is 0.242 e. The third-order valence-electron chi connectivity index (χ3n) is 2.00. The van der Waals surface area contributed by atoms with E-state index >= 15 is 0 Å². The Balaban J connectivity index is 2.85. The van der Waals surface area contributed by atoms with Gasteiger partial charge in [-0.15, -0.1) is 0 Å². The Kier molecular flexibility index (Phi) is 4.08. The first-order valence-corrected chi connectivity index (χ1v) is 6.26. The Morgan fingerprint density at radius 3 is 2.29 bits per heavy atom. The molecule has 1 aromatic carbocycles. The highest BCUT2D eigenvalue weighted by molar-refractivity contribution is 7.89. The SMILES string of the molecule is CN(C)S(=O)(=O)c1ccc(OCC(=N)N)cc1. The number of benzene rings is 1. The van der Waals surface area contributed by atoms with Crippen LogP contribution in [0.2, 0.25) is 0 Å². The lowest BCUT2D eigenvalue weighted by Crippen LogP contribution is -2.22. The van der Waals surface area contributed by atoms with Gasteiger partial charge in [-0.25, -0.2) is 12.7 Å². The van der Waals surface area contributed by atoms with Crippen molar-refractivity contribution in [2.45, 2.75) is 4.90 Å². The predicted molar refractivity (Wildman–Crippen MR) is 64.7 cm³/mol. The van der Waals surface area contributed by atoms with Gasteiger partial charge in [0.15, 0.2) is 0 Å². The second-order valence-corrected chi connectivity index (χ2v) is 5.72. The first-order chi connectivity index (χ1) is 7.84. The van der Waals surface area contributed by atoms with Crippen molar-refractivity contribution in [2.75, 3.05) is 20.7 Å². The summed E-state index contributed by atoms with van der Waals surface area (Å²) in [6.07, 6.45) is 0. The first kappa shape index (κ1) is 13.5. The third-order valence-corrected chi connectivity index (χ3v) is 3.83. The van der Waals surface area contributed by atoms with Gasteiger partial charge in [-0.2, -0.15) is 0 Å². The maximum atomic E-state index is 11.7. The summed E-state index contributed by atoms with van der Waals surface area (Å²) in [5, 5.41) is 6.99. The fraction of sp³-hybridized carbons (Fsp3) is 0.300. The Hall–Kier alpha value is -1.60. The second kappa shape index (κ2) is 5.15. The predicted octanol–water partition coefficient (Wildman–Crippen LogP) is 0.252. The number of sulfonamides is 1. The molecule has 3 N–H and O–H groups in total. The molecule has 0 spiro atoms. The molecule has 0 saturated heterocycles. The van der Waals surface area contributed by atoms with E-state index in [1.54, 1.807) is 0 Å². The fourth-order valence-corrected chi connectivity index (χ4v) is 1.98. The summed E-state index contributed by atoms with van der Waals surface area (Å²) in [6, 6.07) is 5.95. The van der Waals surface area contributed by atoms with Crippen LogP contribution in [0.5, 0.6) is 5.75 Å². The highest BCUT2D eigenvalue weighted by Gasteiger charge is 2.16. The van der Waals surface area contributed by atoms with E-state index in [1.165, 1.54) is 38.4 Å². The van der Waals surface area contributed by atoms with Gasteiger partial charge in [0, 0.05) is 14.1 Å². The molecule has 0 aliphatic rings. The first-order valence-electron chi connectivity index (χ1n) is 4.82. The Labute approximate surface area is 101 Å². The van der Waals surface area contributed by atoms with Crippen molar-refractivity contribution < 1.29 is 13.2 Å². The Morgan fingerprint density at radius 2 is 1.88 bits per heavy atom. The van der Waals surface area contributed by atoms with E-state index in [1.807, 2.05) is 0 Å². The average Bonchev–Trinajstić information content (AvgIpc) is 2.26. The summed E-state index contributed by atoms with van der Waals surface area (Å²) in [4.78, 5) is 0.192. The summed E-state index contributed by atoms with van der Waals surface area (Å²) in [6.45, 7) is -0.0141. The van der Waals surface area contributed by atoms with Crippen LogP contribution in [0.1, 0.15) is 0 Å². The molecule has 0 saturated carbocycles. The van der Waals surface area contributed by atoms with Crippen molar-refractivity contribution in [3.05, 3.63) is 24.3 Å². The minimum atomic E-state index is -3.41. The molecule has 6 nitrogen and oxygen atoms in total. The summed E-state index contributed by atoms with van der Waals surface area (Å²) in [5.41, 5.74) is 5.13. The van der Waals surface area contributed by atoms with Gasteiger partial charge in [0.25, 0.3) is 0 Å². The Morgan fingerprint density at radius 1 is 1.35 bits per heavy atom. The molecular weight excluding hydrogens is 242 g/mol. The number of amidine groups is 1. The Bertz CT molecular complexity index is 494. The lowest BCUT2D eigenvalue weighted by atomic mass is 10.3. The van der Waals surface area contributed by atoms with Gasteiger partial charge in [0.05, 0.1) is 4.90 Å². The van der Waals surface area contributed by atoms with Gasteiger partial charge in [0.1, 0.15) is 18.2 Å². The molecule has 0 aromatic heterocycles. The molecule has 17 heavy (non-hydrogen) atoms. The van der Waals surface area contributed by atoms with Gasteiger partial charge in [-0.1, -0.05) is 0 Å². The average molecular weight is 257 g/mol. The summed E-state index contributed by atoms with van der Waals surface area (Å²) >= 11 is 0. The molecule has 0 atom stereocenters. The molecule has 0 heterocycles. The lowest BCUT2D eigenvalue weighted by molar-refractivity contribution is 0.374. The molecule has 0 amide bonds. The van der Waals surface area contributed by atoms with Crippen LogP contribution < -0.4 is 10.5 Å². The quantitative estimate of drug-likeness (QED) is 0.583. The van der Waals surface area contributed by atoms with Crippen molar-refractivity contribution in [3.8, 4) is 5.75 Å². The normalized spacial score (nSPS) is 11.5. The van der Waals surface area contributed by atoms with E-state index in [-0.39, 0.29) is 17.3 Å². The molecule has 1 rings (SSSR count). The summed E-state index contributed by atoms with van der Waals surface area (Å²) in [5.74, 6) is 0.382. The minimum Gasteiger partial charge on any atom is -0.486 e. The van der Waals surface area contributed by atoms with Crippen LogP contribution in [0.3, 0.4) is 0 Å². The molecule has 94 valence electrons. The number of rotatable bonds is 5. The van der Waals surface area contributed by atoms with E-state index in [2.05, 4.69) is 0 Å². The number of nitrogens with one attached hydrogen (secondary N) is 1. The van der Waals surface area contributed by atoms with Gasteiger partial charge in [-0.3, -0.25) is 5.41 Å². The van der Waals surface area contributed by atoms with E-state index in [0.29, 0.717) is 5.75 Å². The van der Waals surface area contributed by atoms with Gasteiger partial charge in [-0.05, 0) is 24.3 Å². The van der Waals surface area contributed by atoms with Crippen molar-refractivity contribution in [2.24, 2.45) is 5.73 Å². The molecule has 0 fully saturated rings. The molecule has 0 bridgehead atoms. The zero-order valence-electron chi connectivity index (χ0n) is 9.67. The monoisotopic (exact) mass is 257 g/mol. The topological polar surface area (TPSA) is 96.5 Å². The van der Waals surface area contributed by atoms with Crippen LogP contribution in [0.25, 0.3) is 0 Å². The van der Waals surface area contributed by atoms with E-state index in [9.17, 15) is 8.42 Å². The van der Waals surface area contributed by atoms with Crippen LogP contribution in [-0.4, -0.2) is 39.3 Å². The van der Waals surface area contributed by atoms with E-state index in [4.69, 9.17) is 15.9 Å². The number of nitrogens with zero attached hydrogens (tertiary/aromatic N) is 1. The van der Waals surface area contributed by atoms with Gasteiger partial charge in [0.2, 0.25) is 10.0 Å². The minimum absolute atomic E-state index is 0.0141. The van der Waals surface area contributed by atoms with Crippen LogP contribution in [0.15, 0.2) is 29.2 Å². The van der Waals surface area contributed by atoms with Crippen molar-refractivity contribution in [1.29, 1.82) is 5.41 Å². The number of nitrogens with two attached hydrogens (primary N) is 1. The molecule has 0 radical (unpaired) electrons. The van der Waals surface area contributed by atoms with E-state index < -0.39 is 10.0 Å². The smallest absolute Gasteiger partial charge is 0.242 e. The van der Waals surface area contributed by atoms with Gasteiger partial charge < -0.3 is 10.5 Å². The number of hydrogen-bond acceptors (Lipinski definition) is 4. The summed E-state index contributed by atoms with van der Waals surface area (Å²) < 4.78 is 29.8. The standard InChI is InChI=1S/C10H15N3O3S/c1-13(2)17(14,15)9-5-3-8(4-6-9)16-7-10(11)12/h3-6H,7H2,1-2H3,(H3,11,12). The molecule has 1 aromatic rings. The molecule has 0 aliphatic heterocycles. The molecule has 7 heteroatoms. The van der Waals surface area contributed by atoms with Crippen LogP contribution in [0.4, 0.5) is 0 Å².